The maximum Gasteiger partial charge on any atom is 0.359 e. The van der Waals surface area contributed by atoms with E-state index in [0.717, 1.165) is 38.3 Å². The molecule has 144 valence electrons. The molecule has 0 spiro atoms. The van der Waals surface area contributed by atoms with Crippen LogP contribution in [0.2, 0.25) is 0 Å². The van der Waals surface area contributed by atoms with E-state index in [1.807, 2.05) is 6.08 Å². The molecule has 1 atom stereocenters. The molecule has 1 fully saturated rings. The fourth-order valence-electron chi connectivity index (χ4n) is 3.35. The molecule has 2 aliphatic heterocycles. The van der Waals surface area contributed by atoms with Crippen molar-refractivity contribution in [3.8, 4) is 0 Å². The molecular formula is C19H30N4O3. The molecule has 1 amide bonds. The number of rotatable bonds is 7. The number of nitrogens with zero attached hydrogens (tertiary/aromatic N) is 4. The molecule has 0 aromatic rings. The smallest absolute Gasteiger partial charge is 0.359 e. The van der Waals surface area contributed by atoms with E-state index in [4.69, 9.17) is 4.74 Å². The minimum absolute atomic E-state index is 0.0753. The van der Waals surface area contributed by atoms with Gasteiger partial charge in [0.05, 0.1) is 12.2 Å². The molecule has 0 aliphatic carbocycles. The molecule has 7 heteroatoms. The molecule has 26 heavy (non-hydrogen) atoms. The second-order valence-corrected chi connectivity index (χ2v) is 6.59. The monoisotopic (exact) mass is 362 g/mol. The summed E-state index contributed by atoms with van der Waals surface area (Å²) in [5.74, 6) is 0.241. The van der Waals surface area contributed by atoms with Gasteiger partial charge in [-0.2, -0.15) is 5.10 Å². The summed E-state index contributed by atoms with van der Waals surface area (Å²) in [6.45, 7) is 11.4. The van der Waals surface area contributed by atoms with Crippen LogP contribution in [0.25, 0.3) is 0 Å². The van der Waals surface area contributed by atoms with Gasteiger partial charge in [0.1, 0.15) is 5.82 Å². The van der Waals surface area contributed by atoms with Crippen molar-refractivity contribution < 1.29 is 14.3 Å². The number of likely N-dealkylation sites (N-methyl/N-ethyl adjacent to an activating group) is 1. The highest BCUT2D eigenvalue weighted by atomic mass is 16.5. The highest BCUT2D eigenvalue weighted by molar-refractivity contribution is 6.51. The van der Waals surface area contributed by atoms with E-state index in [0.29, 0.717) is 6.04 Å². The molecule has 1 saturated heterocycles. The average molecular weight is 362 g/mol. The van der Waals surface area contributed by atoms with Gasteiger partial charge in [-0.1, -0.05) is 13.8 Å². The Hall–Kier alpha value is -2.31. The zero-order valence-corrected chi connectivity index (χ0v) is 16.5. The Bertz CT molecular complexity index is 639. The van der Waals surface area contributed by atoms with Crippen molar-refractivity contribution in [2.24, 2.45) is 5.10 Å². The molecule has 2 rings (SSSR count). The summed E-state index contributed by atoms with van der Waals surface area (Å²) in [5, 5.41) is 5.22. The lowest BCUT2D eigenvalue weighted by Crippen LogP contribution is -2.28. The van der Waals surface area contributed by atoms with E-state index in [1.165, 1.54) is 5.01 Å². The van der Waals surface area contributed by atoms with Crippen LogP contribution in [0.3, 0.4) is 0 Å². The van der Waals surface area contributed by atoms with Crippen molar-refractivity contribution in [1.82, 2.24) is 14.8 Å². The van der Waals surface area contributed by atoms with Crippen molar-refractivity contribution >= 4 is 17.6 Å². The molecule has 1 unspecified atom stereocenters. The van der Waals surface area contributed by atoms with Crippen LogP contribution in [0, 0.1) is 0 Å². The Morgan fingerprint density at radius 3 is 2.54 bits per heavy atom. The first-order chi connectivity index (χ1) is 12.4. The Morgan fingerprint density at radius 2 is 1.92 bits per heavy atom. The standard InChI is InChI=1S/C19H30N4O3/c1-6-11-22-13-14(4)23(12-7-2)16(22)10-9-15-17(19(25)26-8-3)20-21(5)18(15)24/h9-10,14H,6-8,11-13H2,1-5H3/b15-9+,16-10-. The zero-order chi connectivity index (χ0) is 19.3. The van der Waals surface area contributed by atoms with E-state index in [9.17, 15) is 9.59 Å². The summed E-state index contributed by atoms with van der Waals surface area (Å²) in [7, 11) is 1.54. The number of carbonyl (C=O) groups excluding carboxylic acids is 2. The van der Waals surface area contributed by atoms with Crippen LogP contribution in [-0.4, -0.2) is 71.7 Å². The van der Waals surface area contributed by atoms with E-state index >= 15 is 0 Å². The van der Waals surface area contributed by atoms with Crippen molar-refractivity contribution in [3.63, 3.8) is 0 Å². The Labute approximate surface area is 155 Å². The first-order valence-electron chi connectivity index (χ1n) is 9.42. The highest BCUT2D eigenvalue weighted by Crippen LogP contribution is 2.25. The maximum absolute atomic E-state index is 12.4. The number of carbonyl (C=O) groups is 2. The predicted molar refractivity (Wildman–Crippen MR) is 101 cm³/mol. The minimum atomic E-state index is -0.564. The molecule has 2 heterocycles. The van der Waals surface area contributed by atoms with E-state index in [1.54, 1.807) is 20.0 Å². The number of allylic oxidation sites excluding steroid dienone is 2. The topological polar surface area (TPSA) is 65.5 Å². The minimum Gasteiger partial charge on any atom is -0.461 e. The molecule has 2 aliphatic rings. The third-order valence-corrected chi connectivity index (χ3v) is 4.49. The van der Waals surface area contributed by atoms with Gasteiger partial charge >= 0.3 is 5.97 Å². The van der Waals surface area contributed by atoms with Gasteiger partial charge in [0.15, 0.2) is 5.71 Å². The van der Waals surface area contributed by atoms with Gasteiger partial charge in [0, 0.05) is 32.7 Å². The highest BCUT2D eigenvalue weighted by Gasteiger charge is 2.34. The van der Waals surface area contributed by atoms with Crippen molar-refractivity contribution in [2.45, 2.75) is 46.6 Å². The quantitative estimate of drug-likeness (QED) is 0.512. The number of hydrogen-bond acceptors (Lipinski definition) is 6. The molecular weight excluding hydrogens is 332 g/mol. The van der Waals surface area contributed by atoms with Crippen LogP contribution >= 0.6 is 0 Å². The van der Waals surface area contributed by atoms with Crippen LogP contribution in [-0.2, 0) is 14.3 Å². The van der Waals surface area contributed by atoms with Crippen molar-refractivity contribution in [1.29, 1.82) is 0 Å². The molecule has 0 radical (unpaired) electrons. The fraction of sp³-hybridized carbons (Fsp3) is 0.632. The number of hydrogen-bond donors (Lipinski definition) is 0. The van der Waals surface area contributed by atoms with Gasteiger partial charge in [0.25, 0.3) is 5.91 Å². The van der Waals surface area contributed by atoms with Gasteiger partial charge in [0.2, 0.25) is 0 Å². The summed E-state index contributed by atoms with van der Waals surface area (Å²) >= 11 is 0. The Morgan fingerprint density at radius 1 is 1.23 bits per heavy atom. The number of ether oxygens (including phenoxy) is 1. The Kier molecular flexibility index (Phi) is 6.83. The third kappa shape index (κ3) is 4.08. The molecule has 7 nitrogen and oxygen atoms in total. The van der Waals surface area contributed by atoms with Crippen molar-refractivity contribution in [3.05, 3.63) is 23.5 Å². The molecule has 0 aromatic carbocycles. The molecule has 0 aromatic heterocycles. The molecule has 0 bridgehead atoms. The summed E-state index contributed by atoms with van der Waals surface area (Å²) < 4.78 is 5.03. The summed E-state index contributed by atoms with van der Waals surface area (Å²) in [6, 6.07) is 0.422. The van der Waals surface area contributed by atoms with Crippen LogP contribution in [0.4, 0.5) is 0 Å². The maximum atomic E-state index is 12.4. The number of amides is 1. The van der Waals surface area contributed by atoms with Crippen molar-refractivity contribution in [2.75, 3.05) is 33.3 Å². The van der Waals surface area contributed by atoms with Crippen LogP contribution in [0.5, 0.6) is 0 Å². The predicted octanol–water partition coefficient (Wildman–Crippen LogP) is 1.97. The van der Waals surface area contributed by atoms with E-state index < -0.39 is 5.97 Å². The fourth-order valence-corrected chi connectivity index (χ4v) is 3.35. The average Bonchev–Trinajstić information content (AvgIpc) is 3.05. The van der Waals surface area contributed by atoms with E-state index in [-0.39, 0.29) is 23.8 Å². The van der Waals surface area contributed by atoms with E-state index in [2.05, 4.69) is 35.7 Å². The lowest BCUT2D eigenvalue weighted by atomic mass is 10.1. The lowest BCUT2D eigenvalue weighted by Gasteiger charge is -2.25. The Balaban J connectivity index is 2.36. The first kappa shape index (κ1) is 20.0. The second kappa shape index (κ2) is 8.87. The third-order valence-electron chi connectivity index (χ3n) is 4.49. The normalized spacial score (nSPS) is 23.4. The largest absolute Gasteiger partial charge is 0.461 e. The number of esters is 1. The SMILES string of the molecule is CCCN1CC(C)N(CCC)/C1=C\C=C1\C(=O)N(C)N=C1C(=O)OCC. The van der Waals surface area contributed by atoms with Gasteiger partial charge in [-0.15, -0.1) is 0 Å². The van der Waals surface area contributed by atoms with Crippen LogP contribution in [0.1, 0.15) is 40.5 Å². The summed E-state index contributed by atoms with van der Waals surface area (Å²) in [4.78, 5) is 29.2. The molecule has 0 N–H and O–H groups in total. The van der Waals surface area contributed by atoms with Crippen LogP contribution in [0.15, 0.2) is 28.6 Å². The van der Waals surface area contributed by atoms with Crippen LogP contribution < -0.4 is 0 Å². The second-order valence-electron chi connectivity index (χ2n) is 6.59. The van der Waals surface area contributed by atoms with Gasteiger partial charge in [-0.3, -0.25) is 4.79 Å². The van der Waals surface area contributed by atoms with Gasteiger partial charge < -0.3 is 14.5 Å². The zero-order valence-electron chi connectivity index (χ0n) is 16.5. The summed E-state index contributed by atoms with van der Waals surface area (Å²) in [5.41, 5.74) is 0.359. The van der Waals surface area contributed by atoms with Gasteiger partial charge in [-0.05, 0) is 38.8 Å². The molecule has 0 saturated carbocycles. The lowest BCUT2D eigenvalue weighted by molar-refractivity contribution is -0.135. The van der Waals surface area contributed by atoms with Gasteiger partial charge in [-0.25, -0.2) is 9.80 Å². The first-order valence-corrected chi connectivity index (χ1v) is 9.42. The number of hydrazone groups is 1. The summed E-state index contributed by atoms with van der Waals surface area (Å²) in [6.07, 6.45) is 5.75.